The van der Waals surface area contributed by atoms with Gasteiger partial charge in [0.1, 0.15) is 0 Å². The van der Waals surface area contributed by atoms with Crippen LogP contribution in [0.3, 0.4) is 0 Å². The normalized spacial score (nSPS) is 11.5. The summed E-state index contributed by atoms with van der Waals surface area (Å²) in [6, 6.07) is 22.2. The highest BCUT2D eigenvalue weighted by Gasteiger charge is 2.15. The van der Waals surface area contributed by atoms with Gasteiger partial charge in [0.2, 0.25) is 11.8 Å². The minimum absolute atomic E-state index is 0.423. The van der Waals surface area contributed by atoms with Gasteiger partial charge in [0, 0.05) is 33.9 Å². The van der Waals surface area contributed by atoms with E-state index in [0.717, 1.165) is 17.7 Å². The molecule has 132 valence electrons. The fraction of sp³-hybridized carbons (Fsp3) is 0.0909. The van der Waals surface area contributed by atoms with Crippen molar-refractivity contribution in [3.8, 4) is 22.9 Å². The maximum absolute atomic E-state index is 6.25. The Bertz CT molecular complexity index is 1290. The maximum atomic E-state index is 6.25. The molecule has 3 aromatic carbocycles. The van der Waals surface area contributed by atoms with E-state index >= 15 is 0 Å². The van der Waals surface area contributed by atoms with Gasteiger partial charge in [-0.2, -0.15) is 0 Å². The van der Waals surface area contributed by atoms with E-state index in [-0.39, 0.29) is 0 Å². The van der Waals surface area contributed by atoms with Crippen LogP contribution >= 0.6 is 11.6 Å². The summed E-state index contributed by atoms with van der Waals surface area (Å²) in [5, 5.41) is 11.4. The van der Waals surface area contributed by atoms with Crippen LogP contribution in [-0.4, -0.2) is 14.8 Å². The van der Waals surface area contributed by atoms with Crippen molar-refractivity contribution in [1.29, 1.82) is 0 Å². The Balaban J connectivity index is 1.66. The number of benzene rings is 3. The molecule has 0 aliphatic heterocycles. The van der Waals surface area contributed by atoms with Crippen molar-refractivity contribution in [1.82, 2.24) is 14.8 Å². The van der Waals surface area contributed by atoms with Gasteiger partial charge in [-0.05, 0) is 43.3 Å². The number of aryl methyl sites for hydroxylation is 1. The van der Waals surface area contributed by atoms with Crippen molar-refractivity contribution < 1.29 is 4.42 Å². The molecule has 5 heteroatoms. The van der Waals surface area contributed by atoms with Crippen LogP contribution in [0.5, 0.6) is 0 Å². The molecule has 0 saturated heterocycles. The Labute approximate surface area is 161 Å². The van der Waals surface area contributed by atoms with Crippen LogP contribution in [-0.2, 0) is 6.54 Å². The van der Waals surface area contributed by atoms with E-state index in [1.807, 2.05) is 30.3 Å². The van der Waals surface area contributed by atoms with Crippen molar-refractivity contribution in [2.24, 2.45) is 0 Å². The van der Waals surface area contributed by atoms with Gasteiger partial charge >= 0.3 is 0 Å². The molecule has 2 aromatic heterocycles. The highest BCUT2D eigenvalue weighted by Crippen LogP contribution is 2.34. The molecule has 5 rings (SSSR count). The lowest BCUT2D eigenvalue weighted by Crippen LogP contribution is -1.92. The van der Waals surface area contributed by atoms with Crippen LogP contribution in [0.4, 0.5) is 0 Å². The summed E-state index contributed by atoms with van der Waals surface area (Å²) in [5.74, 6) is 0.909. The number of aromatic nitrogens is 3. The molecule has 4 nitrogen and oxygen atoms in total. The van der Waals surface area contributed by atoms with Gasteiger partial charge in [-0.15, -0.1) is 10.2 Å². The highest BCUT2D eigenvalue weighted by atomic mass is 35.5. The van der Waals surface area contributed by atoms with Gasteiger partial charge in [-0.3, -0.25) is 0 Å². The van der Waals surface area contributed by atoms with Gasteiger partial charge in [0.05, 0.1) is 10.6 Å². The van der Waals surface area contributed by atoms with Crippen molar-refractivity contribution >= 4 is 33.4 Å². The average molecular weight is 374 g/mol. The van der Waals surface area contributed by atoms with Gasteiger partial charge in [-0.1, -0.05) is 41.9 Å². The van der Waals surface area contributed by atoms with Crippen LogP contribution < -0.4 is 0 Å². The Hall–Kier alpha value is -3.11. The zero-order chi connectivity index (χ0) is 18.4. The molecule has 5 aromatic rings. The summed E-state index contributed by atoms with van der Waals surface area (Å²) in [6.07, 6.45) is 0. The van der Waals surface area contributed by atoms with E-state index in [0.29, 0.717) is 16.8 Å². The minimum atomic E-state index is 0.423. The molecule has 0 unspecified atom stereocenters. The minimum Gasteiger partial charge on any atom is -0.416 e. The van der Waals surface area contributed by atoms with Crippen molar-refractivity contribution in [3.05, 3.63) is 71.8 Å². The van der Waals surface area contributed by atoms with Crippen LogP contribution in [0.1, 0.15) is 6.92 Å². The second-order valence-electron chi connectivity index (χ2n) is 6.39. The standard InChI is InChI=1S/C22H16ClN3O/c1-2-26-19-10-6-4-7-15(19)17-13-14(11-12-20(17)26)21-24-25-22(27-21)16-8-3-5-9-18(16)23/h3-13H,2H2,1H3. The van der Waals surface area contributed by atoms with E-state index in [2.05, 4.69) is 58.1 Å². The van der Waals surface area contributed by atoms with Crippen molar-refractivity contribution in [3.63, 3.8) is 0 Å². The summed E-state index contributed by atoms with van der Waals surface area (Å²) in [6.45, 7) is 3.08. The predicted molar refractivity (Wildman–Crippen MR) is 109 cm³/mol. The third kappa shape index (κ3) is 2.53. The van der Waals surface area contributed by atoms with Gasteiger partial charge < -0.3 is 8.98 Å². The van der Waals surface area contributed by atoms with E-state index < -0.39 is 0 Å². The Morgan fingerprint density at radius 3 is 2.44 bits per heavy atom. The summed E-state index contributed by atoms with van der Waals surface area (Å²) in [4.78, 5) is 0. The van der Waals surface area contributed by atoms with E-state index in [1.54, 1.807) is 0 Å². The molecule has 0 amide bonds. The Kier molecular flexibility index (Phi) is 3.73. The lowest BCUT2D eigenvalue weighted by Gasteiger charge is -2.02. The number of hydrogen-bond donors (Lipinski definition) is 0. The van der Waals surface area contributed by atoms with Crippen molar-refractivity contribution in [2.75, 3.05) is 0 Å². The molecule has 0 fully saturated rings. The molecular weight excluding hydrogens is 358 g/mol. The van der Waals surface area contributed by atoms with Gasteiger partial charge in [0.25, 0.3) is 0 Å². The third-order valence-electron chi connectivity index (χ3n) is 4.86. The van der Waals surface area contributed by atoms with Crippen molar-refractivity contribution in [2.45, 2.75) is 13.5 Å². The van der Waals surface area contributed by atoms with Gasteiger partial charge in [0.15, 0.2) is 0 Å². The number of hydrogen-bond acceptors (Lipinski definition) is 3. The SMILES string of the molecule is CCn1c2ccccc2c2cc(-c3nnc(-c4ccccc4Cl)o3)ccc21. The molecule has 0 spiro atoms. The molecule has 27 heavy (non-hydrogen) atoms. The first-order valence-corrected chi connectivity index (χ1v) is 9.24. The average Bonchev–Trinajstić information content (AvgIpc) is 3.31. The fourth-order valence-corrected chi connectivity index (χ4v) is 3.83. The molecule has 0 bridgehead atoms. The maximum Gasteiger partial charge on any atom is 0.249 e. The largest absolute Gasteiger partial charge is 0.416 e. The molecule has 0 atom stereocenters. The van der Waals surface area contributed by atoms with E-state index in [4.69, 9.17) is 16.0 Å². The summed E-state index contributed by atoms with van der Waals surface area (Å²) in [7, 11) is 0. The molecule has 0 N–H and O–H groups in total. The number of nitrogens with zero attached hydrogens (tertiary/aromatic N) is 3. The molecule has 0 aliphatic carbocycles. The lowest BCUT2D eigenvalue weighted by molar-refractivity contribution is 0.584. The number of rotatable bonds is 3. The number of para-hydroxylation sites is 1. The Morgan fingerprint density at radius 2 is 1.59 bits per heavy atom. The van der Waals surface area contributed by atoms with Crippen LogP contribution in [0.25, 0.3) is 44.7 Å². The zero-order valence-corrected chi connectivity index (χ0v) is 15.4. The second-order valence-corrected chi connectivity index (χ2v) is 6.79. The smallest absolute Gasteiger partial charge is 0.249 e. The summed E-state index contributed by atoms with van der Waals surface area (Å²) >= 11 is 6.25. The molecule has 0 radical (unpaired) electrons. The first kappa shape index (κ1) is 16.1. The third-order valence-corrected chi connectivity index (χ3v) is 5.19. The Morgan fingerprint density at radius 1 is 0.852 bits per heavy atom. The zero-order valence-electron chi connectivity index (χ0n) is 14.7. The van der Waals surface area contributed by atoms with Crippen LogP contribution in [0, 0.1) is 0 Å². The summed E-state index contributed by atoms with van der Waals surface area (Å²) in [5.41, 5.74) is 4.07. The summed E-state index contributed by atoms with van der Waals surface area (Å²) < 4.78 is 8.23. The molecule has 0 aliphatic rings. The monoisotopic (exact) mass is 373 g/mol. The first-order valence-electron chi connectivity index (χ1n) is 8.86. The molecule has 2 heterocycles. The number of halogens is 1. The second kappa shape index (κ2) is 6.25. The predicted octanol–water partition coefficient (Wildman–Crippen LogP) is 6.18. The fourth-order valence-electron chi connectivity index (χ4n) is 3.61. The van der Waals surface area contributed by atoms with E-state index in [1.165, 1.54) is 21.8 Å². The quantitative estimate of drug-likeness (QED) is 0.379. The van der Waals surface area contributed by atoms with E-state index in [9.17, 15) is 0 Å². The number of fused-ring (bicyclic) bond motifs is 3. The molecular formula is C22H16ClN3O. The van der Waals surface area contributed by atoms with Gasteiger partial charge in [-0.25, -0.2) is 0 Å². The molecule has 0 saturated carbocycles. The highest BCUT2D eigenvalue weighted by molar-refractivity contribution is 6.33. The lowest BCUT2D eigenvalue weighted by atomic mass is 10.1. The van der Waals surface area contributed by atoms with Crippen LogP contribution in [0.15, 0.2) is 71.1 Å². The first-order chi connectivity index (χ1) is 13.3. The topological polar surface area (TPSA) is 43.9 Å². The van der Waals surface area contributed by atoms with Crippen LogP contribution in [0.2, 0.25) is 5.02 Å².